The van der Waals surface area contributed by atoms with Crippen LogP contribution >= 0.6 is 11.6 Å². The number of carbonyl (C=O) groups excluding carboxylic acids is 1. The monoisotopic (exact) mass is 445 g/mol. The summed E-state index contributed by atoms with van der Waals surface area (Å²) in [5.41, 5.74) is 1.03. The molecule has 3 aromatic rings. The first-order valence-electron chi connectivity index (χ1n) is 9.54. The lowest BCUT2D eigenvalue weighted by atomic mass is 10.2. The summed E-state index contributed by atoms with van der Waals surface area (Å²) in [5.74, 6) is -0.938. The number of aliphatic hydroxyl groups excluding tert-OH is 1. The normalized spacial score (nSPS) is 18.5. The number of carbonyl (C=O) groups is 2. The SMILES string of the molecule is Cn1c(N2C[C@H](O)C[C@H]2C(=O)NCC(=O)O)cc(=O)n2cc(-c3ccc(Cl)cc3)nc12. The highest BCUT2D eigenvalue weighted by Crippen LogP contribution is 2.27. The summed E-state index contributed by atoms with van der Waals surface area (Å²) in [6.07, 6.45) is 0.951. The zero-order valence-electron chi connectivity index (χ0n) is 16.5. The fourth-order valence-electron chi connectivity index (χ4n) is 3.78. The molecule has 162 valence electrons. The minimum atomic E-state index is -1.17. The number of nitrogens with one attached hydrogen (secondary N) is 1. The van der Waals surface area contributed by atoms with Gasteiger partial charge in [-0.2, -0.15) is 0 Å². The van der Waals surface area contributed by atoms with Gasteiger partial charge < -0.3 is 25.0 Å². The average Bonchev–Trinajstić information content (AvgIpc) is 3.34. The maximum atomic E-state index is 12.8. The Balaban J connectivity index is 1.74. The van der Waals surface area contributed by atoms with Gasteiger partial charge in [-0.25, -0.2) is 4.98 Å². The molecule has 1 aliphatic heterocycles. The number of aliphatic hydroxyl groups is 1. The lowest BCUT2D eigenvalue weighted by Gasteiger charge is -2.27. The molecule has 1 amide bonds. The number of benzene rings is 1. The van der Waals surface area contributed by atoms with Crippen LogP contribution in [0.1, 0.15) is 6.42 Å². The Kier molecular flexibility index (Phi) is 5.42. The van der Waals surface area contributed by atoms with Gasteiger partial charge in [-0.3, -0.25) is 18.8 Å². The quantitative estimate of drug-likeness (QED) is 0.521. The lowest BCUT2D eigenvalue weighted by molar-refractivity contribution is -0.138. The van der Waals surface area contributed by atoms with Gasteiger partial charge in [-0.15, -0.1) is 0 Å². The molecule has 1 aliphatic rings. The van der Waals surface area contributed by atoms with Crippen LogP contribution in [0.25, 0.3) is 17.0 Å². The van der Waals surface area contributed by atoms with Crippen molar-refractivity contribution in [2.75, 3.05) is 18.0 Å². The number of rotatable bonds is 5. The number of aliphatic carboxylic acids is 1. The molecule has 0 spiro atoms. The predicted octanol–water partition coefficient (Wildman–Crippen LogP) is 0.494. The molecule has 1 aromatic carbocycles. The predicted molar refractivity (Wildman–Crippen MR) is 113 cm³/mol. The lowest BCUT2D eigenvalue weighted by Crippen LogP contribution is -2.46. The Morgan fingerprint density at radius 3 is 2.68 bits per heavy atom. The third kappa shape index (κ3) is 3.99. The van der Waals surface area contributed by atoms with Gasteiger partial charge >= 0.3 is 5.97 Å². The fourth-order valence-corrected chi connectivity index (χ4v) is 3.91. The number of amides is 1. The van der Waals surface area contributed by atoms with Gasteiger partial charge in [0.15, 0.2) is 0 Å². The number of aryl methyl sites for hydroxylation is 1. The molecule has 4 rings (SSSR count). The van der Waals surface area contributed by atoms with Crippen LogP contribution < -0.4 is 15.8 Å². The van der Waals surface area contributed by atoms with E-state index in [2.05, 4.69) is 10.3 Å². The van der Waals surface area contributed by atoms with Crippen LogP contribution in [0.3, 0.4) is 0 Å². The highest BCUT2D eigenvalue weighted by molar-refractivity contribution is 6.30. The maximum Gasteiger partial charge on any atom is 0.322 e. The van der Waals surface area contributed by atoms with Crippen molar-refractivity contribution in [2.45, 2.75) is 18.6 Å². The standard InChI is InChI=1S/C20H20ClN5O5/c1-24-16(25-9-13(27)6-15(25)19(31)22-8-18(29)30)7-17(28)26-10-14(23-20(24)26)11-2-4-12(21)5-3-11/h2-5,7,10,13,15,27H,6,8-9H2,1H3,(H,22,31)(H,29,30)/t13-,15+/m1/s1. The zero-order valence-corrected chi connectivity index (χ0v) is 17.3. The zero-order chi connectivity index (χ0) is 22.3. The molecule has 1 saturated heterocycles. The Labute approximate surface area is 181 Å². The van der Waals surface area contributed by atoms with Gasteiger partial charge in [-0.05, 0) is 12.1 Å². The maximum absolute atomic E-state index is 12.8. The molecule has 10 nitrogen and oxygen atoms in total. The van der Waals surface area contributed by atoms with Crippen molar-refractivity contribution >= 4 is 35.1 Å². The molecule has 11 heteroatoms. The number of nitrogens with zero attached hydrogens (tertiary/aromatic N) is 4. The second-order valence-corrected chi connectivity index (χ2v) is 7.81. The molecule has 2 atom stereocenters. The van der Waals surface area contributed by atoms with Gasteiger partial charge in [0.1, 0.15) is 18.4 Å². The van der Waals surface area contributed by atoms with Crippen molar-refractivity contribution in [1.82, 2.24) is 19.3 Å². The van der Waals surface area contributed by atoms with Crippen LogP contribution in [0.2, 0.25) is 5.02 Å². The Morgan fingerprint density at radius 2 is 2.00 bits per heavy atom. The fraction of sp³-hybridized carbons (Fsp3) is 0.300. The third-order valence-electron chi connectivity index (χ3n) is 5.25. The summed E-state index contributed by atoms with van der Waals surface area (Å²) in [5, 5.41) is 21.9. The second kappa shape index (κ2) is 8.05. The van der Waals surface area contributed by atoms with Crippen LogP contribution in [-0.2, 0) is 16.6 Å². The first-order valence-corrected chi connectivity index (χ1v) is 9.91. The number of β-amino-alcohol motifs (C(OH)–C–C–N with tert-alkyl or cyclic N) is 1. The van der Waals surface area contributed by atoms with Crippen LogP contribution in [0, 0.1) is 0 Å². The number of hydrogen-bond donors (Lipinski definition) is 3. The van der Waals surface area contributed by atoms with E-state index in [1.54, 1.807) is 47.0 Å². The van der Waals surface area contributed by atoms with Crippen LogP contribution in [0.15, 0.2) is 41.3 Å². The first-order chi connectivity index (χ1) is 14.7. The number of anilines is 1. The van der Waals surface area contributed by atoms with Crippen LogP contribution in [-0.4, -0.2) is 61.3 Å². The first kappa shape index (κ1) is 20.9. The Hall–Kier alpha value is -3.37. The van der Waals surface area contributed by atoms with Gasteiger partial charge in [0, 0.05) is 42.9 Å². The summed E-state index contributed by atoms with van der Waals surface area (Å²) in [4.78, 5) is 42.3. The molecule has 0 unspecified atom stereocenters. The summed E-state index contributed by atoms with van der Waals surface area (Å²) in [7, 11) is 1.71. The Bertz CT molecular complexity index is 1220. The van der Waals surface area contributed by atoms with E-state index in [0.29, 0.717) is 22.3 Å². The molecule has 3 heterocycles. The molecule has 3 N–H and O–H groups in total. The van der Waals surface area contributed by atoms with Crippen molar-refractivity contribution in [1.29, 1.82) is 0 Å². The largest absolute Gasteiger partial charge is 0.480 e. The molecule has 0 bridgehead atoms. The molecular formula is C20H20ClN5O5. The van der Waals surface area contributed by atoms with E-state index in [0.717, 1.165) is 5.56 Å². The number of halogens is 1. The summed E-state index contributed by atoms with van der Waals surface area (Å²) in [6.45, 7) is -0.401. The molecule has 1 fully saturated rings. The van der Waals surface area contributed by atoms with Crippen molar-refractivity contribution in [2.24, 2.45) is 7.05 Å². The highest BCUT2D eigenvalue weighted by Gasteiger charge is 2.37. The second-order valence-electron chi connectivity index (χ2n) is 7.37. The summed E-state index contributed by atoms with van der Waals surface area (Å²) < 4.78 is 3.07. The van der Waals surface area contributed by atoms with Crippen molar-refractivity contribution in [3.63, 3.8) is 0 Å². The van der Waals surface area contributed by atoms with Crippen molar-refractivity contribution in [3.8, 4) is 11.3 Å². The van der Waals surface area contributed by atoms with Crippen LogP contribution in [0.5, 0.6) is 0 Å². The number of fused-ring (bicyclic) bond motifs is 1. The van der Waals surface area contributed by atoms with Gasteiger partial charge in [0.2, 0.25) is 11.7 Å². The van der Waals surface area contributed by atoms with E-state index in [-0.39, 0.29) is 18.5 Å². The van der Waals surface area contributed by atoms with E-state index < -0.39 is 30.6 Å². The van der Waals surface area contributed by atoms with E-state index in [9.17, 15) is 19.5 Å². The van der Waals surface area contributed by atoms with E-state index >= 15 is 0 Å². The molecule has 31 heavy (non-hydrogen) atoms. The molecule has 0 radical (unpaired) electrons. The molecule has 2 aromatic heterocycles. The third-order valence-corrected chi connectivity index (χ3v) is 5.50. The van der Waals surface area contributed by atoms with E-state index in [4.69, 9.17) is 16.7 Å². The summed E-state index contributed by atoms with van der Waals surface area (Å²) in [6, 6.07) is 7.63. The number of hydrogen-bond acceptors (Lipinski definition) is 6. The smallest absolute Gasteiger partial charge is 0.322 e. The number of aromatic nitrogens is 3. The topological polar surface area (TPSA) is 129 Å². The van der Waals surface area contributed by atoms with Crippen molar-refractivity contribution < 1.29 is 19.8 Å². The van der Waals surface area contributed by atoms with E-state index in [1.165, 1.54) is 10.5 Å². The number of carboxylic acids is 1. The minimum Gasteiger partial charge on any atom is -0.480 e. The molecular weight excluding hydrogens is 426 g/mol. The Morgan fingerprint density at radius 1 is 1.29 bits per heavy atom. The summed E-state index contributed by atoms with van der Waals surface area (Å²) >= 11 is 5.94. The number of carboxylic acid groups (broad SMARTS) is 1. The molecule has 0 aliphatic carbocycles. The van der Waals surface area contributed by atoms with Crippen LogP contribution in [0.4, 0.5) is 5.82 Å². The van der Waals surface area contributed by atoms with Gasteiger partial charge in [0.05, 0.1) is 11.8 Å². The molecule has 0 saturated carbocycles. The highest BCUT2D eigenvalue weighted by atomic mass is 35.5. The van der Waals surface area contributed by atoms with Gasteiger partial charge in [-0.1, -0.05) is 23.7 Å². The van der Waals surface area contributed by atoms with Gasteiger partial charge in [0.25, 0.3) is 5.56 Å². The number of imidazole rings is 1. The van der Waals surface area contributed by atoms with E-state index in [1.807, 2.05) is 0 Å². The van der Waals surface area contributed by atoms with Crippen molar-refractivity contribution in [3.05, 3.63) is 51.9 Å². The average molecular weight is 446 g/mol. The minimum absolute atomic E-state index is 0.120.